The van der Waals surface area contributed by atoms with Gasteiger partial charge in [-0.05, 0) is 43.3 Å². The van der Waals surface area contributed by atoms with E-state index in [0.29, 0.717) is 5.75 Å². The zero-order valence-corrected chi connectivity index (χ0v) is 17.9. The van der Waals surface area contributed by atoms with Crippen LogP contribution in [0.25, 0.3) is 0 Å². The van der Waals surface area contributed by atoms with Crippen molar-refractivity contribution in [3.63, 3.8) is 0 Å². The molecule has 0 spiro atoms. The molecule has 2 aromatic carbocycles. The van der Waals surface area contributed by atoms with E-state index in [-0.39, 0.29) is 16.1 Å². The molecule has 31 heavy (non-hydrogen) atoms. The van der Waals surface area contributed by atoms with Gasteiger partial charge in [0.15, 0.2) is 6.61 Å². The van der Waals surface area contributed by atoms with E-state index >= 15 is 0 Å². The SMILES string of the molecule is COC(=O)c1ccccc1NC(=O)COC(=O)[C@H](C)NS(=O)(=O)c1ccc(OC)cc1. The summed E-state index contributed by atoms with van der Waals surface area (Å²) >= 11 is 0. The predicted octanol–water partition coefficient (Wildman–Crippen LogP) is 1.33. The molecule has 0 saturated carbocycles. The van der Waals surface area contributed by atoms with E-state index in [9.17, 15) is 22.8 Å². The zero-order chi connectivity index (χ0) is 23.0. The van der Waals surface area contributed by atoms with Gasteiger partial charge < -0.3 is 19.5 Å². The number of amides is 1. The molecule has 1 atom stereocenters. The Morgan fingerprint density at radius 2 is 1.65 bits per heavy atom. The van der Waals surface area contributed by atoms with Crippen molar-refractivity contribution in [1.82, 2.24) is 4.72 Å². The third-order valence-corrected chi connectivity index (χ3v) is 5.56. The summed E-state index contributed by atoms with van der Waals surface area (Å²) in [6.07, 6.45) is 0. The highest BCUT2D eigenvalue weighted by Gasteiger charge is 2.24. The van der Waals surface area contributed by atoms with Gasteiger partial charge in [0.05, 0.1) is 30.4 Å². The van der Waals surface area contributed by atoms with Gasteiger partial charge in [0, 0.05) is 0 Å². The highest BCUT2D eigenvalue weighted by molar-refractivity contribution is 7.89. The fourth-order valence-electron chi connectivity index (χ4n) is 2.43. The Kier molecular flexibility index (Phi) is 8.11. The van der Waals surface area contributed by atoms with Crippen molar-refractivity contribution in [3.8, 4) is 5.75 Å². The summed E-state index contributed by atoms with van der Waals surface area (Å²) in [5.74, 6) is -1.83. The van der Waals surface area contributed by atoms with Crippen LogP contribution in [0.1, 0.15) is 17.3 Å². The molecule has 0 fully saturated rings. The Labute approximate surface area is 179 Å². The molecule has 0 aromatic heterocycles. The number of methoxy groups -OCH3 is 2. The number of benzene rings is 2. The lowest BCUT2D eigenvalue weighted by Crippen LogP contribution is -2.40. The number of carbonyl (C=O) groups excluding carboxylic acids is 3. The van der Waals surface area contributed by atoms with Crippen molar-refractivity contribution in [1.29, 1.82) is 0 Å². The lowest BCUT2D eigenvalue weighted by atomic mass is 10.2. The Balaban J connectivity index is 1.93. The normalized spacial score (nSPS) is 11.8. The minimum Gasteiger partial charge on any atom is -0.497 e. The van der Waals surface area contributed by atoms with Gasteiger partial charge >= 0.3 is 11.9 Å². The first kappa shape index (κ1) is 23.8. The minimum absolute atomic E-state index is 0.0647. The van der Waals surface area contributed by atoms with Gasteiger partial charge in [-0.25, -0.2) is 13.2 Å². The van der Waals surface area contributed by atoms with Crippen LogP contribution in [0.2, 0.25) is 0 Å². The van der Waals surface area contributed by atoms with Gasteiger partial charge in [0.25, 0.3) is 5.91 Å². The summed E-state index contributed by atoms with van der Waals surface area (Å²) < 4.78 is 41.4. The highest BCUT2D eigenvalue weighted by atomic mass is 32.2. The number of hydrogen-bond acceptors (Lipinski definition) is 8. The Hall–Kier alpha value is -3.44. The molecule has 2 N–H and O–H groups in total. The summed E-state index contributed by atoms with van der Waals surface area (Å²) in [7, 11) is -1.34. The van der Waals surface area contributed by atoms with Crippen LogP contribution in [0.3, 0.4) is 0 Å². The van der Waals surface area contributed by atoms with Crippen LogP contribution in [0.4, 0.5) is 5.69 Å². The molecule has 166 valence electrons. The largest absolute Gasteiger partial charge is 0.497 e. The van der Waals surface area contributed by atoms with Crippen LogP contribution >= 0.6 is 0 Å². The van der Waals surface area contributed by atoms with E-state index in [2.05, 4.69) is 14.8 Å². The predicted molar refractivity (Wildman–Crippen MR) is 110 cm³/mol. The molecular weight excluding hydrogens is 428 g/mol. The summed E-state index contributed by atoms with van der Waals surface area (Å²) in [5, 5.41) is 2.44. The second-order valence-electron chi connectivity index (χ2n) is 6.21. The highest BCUT2D eigenvalue weighted by Crippen LogP contribution is 2.17. The molecule has 0 saturated heterocycles. The summed E-state index contributed by atoms with van der Waals surface area (Å²) in [5.41, 5.74) is 0.314. The van der Waals surface area contributed by atoms with Crippen molar-refractivity contribution in [2.24, 2.45) is 0 Å². The van der Waals surface area contributed by atoms with E-state index in [4.69, 9.17) is 9.47 Å². The van der Waals surface area contributed by atoms with Crippen LogP contribution in [0.5, 0.6) is 5.75 Å². The molecule has 10 nitrogen and oxygen atoms in total. The number of ether oxygens (including phenoxy) is 3. The minimum atomic E-state index is -3.99. The number of sulfonamides is 1. The molecule has 0 aliphatic heterocycles. The van der Waals surface area contributed by atoms with Gasteiger partial charge in [-0.2, -0.15) is 4.72 Å². The summed E-state index contributed by atoms with van der Waals surface area (Å²) in [6, 6.07) is 10.5. The van der Waals surface area contributed by atoms with E-state index in [1.165, 1.54) is 57.5 Å². The van der Waals surface area contributed by atoms with Gasteiger partial charge in [-0.1, -0.05) is 12.1 Å². The number of nitrogens with one attached hydrogen (secondary N) is 2. The topological polar surface area (TPSA) is 137 Å². The lowest BCUT2D eigenvalue weighted by molar-refractivity contribution is -0.148. The molecule has 0 heterocycles. The van der Waals surface area contributed by atoms with Crippen LogP contribution in [0, 0.1) is 0 Å². The first-order chi connectivity index (χ1) is 14.7. The van der Waals surface area contributed by atoms with Gasteiger partial charge in [0.1, 0.15) is 11.8 Å². The van der Waals surface area contributed by atoms with E-state index < -0.39 is 40.5 Å². The molecule has 2 aromatic rings. The molecule has 0 radical (unpaired) electrons. The molecule has 0 unspecified atom stereocenters. The molecule has 2 rings (SSSR count). The molecule has 0 bridgehead atoms. The van der Waals surface area contributed by atoms with Crippen LogP contribution in [0.15, 0.2) is 53.4 Å². The third kappa shape index (κ3) is 6.52. The number of rotatable bonds is 9. The number of anilines is 1. The monoisotopic (exact) mass is 450 g/mol. The summed E-state index contributed by atoms with van der Waals surface area (Å²) in [4.78, 5) is 35.8. The molecule has 0 aliphatic carbocycles. The molecule has 11 heteroatoms. The van der Waals surface area contributed by atoms with Crippen LogP contribution in [-0.2, 0) is 29.1 Å². The maximum Gasteiger partial charge on any atom is 0.339 e. The van der Waals surface area contributed by atoms with Crippen molar-refractivity contribution in [2.45, 2.75) is 17.9 Å². The number of esters is 2. The van der Waals surface area contributed by atoms with Gasteiger partial charge in [0.2, 0.25) is 10.0 Å². The quantitative estimate of drug-likeness (QED) is 0.546. The van der Waals surface area contributed by atoms with Crippen LogP contribution < -0.4 is 14.8 Å². The van der Waals surface area contributed by atoms with E-state index in [1.807, 2.05) is 0 Å². The maximum absolute atomic E-state index is 12.4. The molecule has 1 amide bonds. The van der Waals surface area contributed by atoms with Crippen molar-refractivity contribution >= 4 is 33.6 Å². The van der Waals surface area contributed by atoms with Crippen molar-refractivity contribution in [3.05, 3.63) is 54.1 Å². The second-order valence-corrected chi connectivity index (χ2v) is 7.93. The Bertz CT molecular complexity index is 1050. The zero-order valence-electron chi connectivity index (χ0n) is 17.1. The number of carbonyl (C=O) groups is 3. The smallest absolute Gasteiger partial charge is 0.339 e. The average Bonchev–Trinajstić information content (AvgIpc) is 2.77. The van der Waals surface area contributed by atoms with Crippen molar-refractivity contribution in [2.75, 3.05) is 26.1 Å². The van der Waals surface area contributed by atoms with Crippen molar-refractivity contribution < 1.29 is 37.0 Å². The fourth-order valence-corrected chi connectivity index (χ4v) is 3.62. The Morgan fingerprint density at radius 3 is 2.26 bits per heavy atom. The van der Waals surface area contributed by atoms with Crippen LogP contribution in [-0.4, -0.2) is 53.1 Å². The second kappa shape index (κ2) is 10.5. The fraction of sp³-hybridized carbons (Fsp3) is 0.250. The maximum atomic E-state index is 12.4. The van der Waals surface area contributed by atoms with E-state index in [0.717, 1.165) is 0 Å². The average molecular weight is 450 g/mol. The number of hydrogen-bond donors (Lipinski definition) is 2. The number of para-hydroxylation sites is 1. The third-order valence-electron chi connectivity index (χ3n) is 4.01. The molecular formula is C20H22N2O8S. The lowest BCUT2D eigenvalue weighted by Gasteiger charge is -2.14. The summed E-state index contributed by atoms with van der Waals surface area (Å²) in [6.45, 7) is 0.608. The van der Waals surface area contributed by atoms with E-state index in [1.54, 1.807) is 12.1 Å². The standard InChI is InChI=1S/C20H22N2O8S/c1-13(22-31(26,27)15-10-8-14(28-2)9-11-15)19(24)30-12-18(23)21-17-7-5-4-6-16(17)20(25)29-3/h4-11,13,22H,12H2,1-3H3,(H,21,23)/t13-/m0/s1. The van der Waals surface area contributed by atoms with Gasteiger partial charge in [-0.3, -0.25) is 9.59 Å². The van der Waals surface area contributed by atoms with Gasteiger partial charge in [-0.15, -0.1) is 0 Å². The Morgan fingerprint density at radius 1 is 1.00 bits per heavy atom. The molecule has 0 aliphatic rings. The first-order valence-electron chi connectivity index (χ1n) is 8.98. The first-order valence-corrected chi connectivity index (χ1v) is 10.5.